The molecule has 55 heavy (non-hydrogen) atoms. The second kappa shape index (κ2) is 42.1. The first kappa shape index (κ1) is 53.5. The third kappa shape index (κ3) is 41.9. The monoisotopic (exact) mass is 800 g/mol. The van der Waals surface area contributed by atoms with Crippen molar-refractivity contribution in [3.8, 4) is 0 Å². The molecule has 0 aromatic carbocycles. The van der Waals surface area contributed by atoms with Crippen LogP contribution in [0.4, 0.5) is 0 Å². The van der Waals surface area contributed by atoms with E-state index in [-0.39, 0.29) is 38.6 Å². The van der Waals surface area contributed by atoms with Crippen molar-refractivity contribution in [2.75, 3.05) is 26.4 Å². The summed E-state index contributed by atoms with van der Waals surface area (Å²) in [5, 5.41) is 0. The summed E-state index contributed by atoms with van der Waals surface area (Å²) in [4.78, 5) is 34.9. The van der Waals surface area contributed by atoms with E-state index in [1.165, 1.54) is 128 Å². The van der Waals surface area contributed by atoms with Gasteiger partial charge in [-0.1, -0.05) is 186 Å². The van der Waals surface area contributed by atoms with Crippen molar-refractivity contribution in [1.29, 1.82) is 0 Å². The molecule has 0 aromatic heterocycles. The molecule has 0 rings (SSSR count). The van der Waals surface area contributed by atoms with Gasteiger partial charge in [0.25, 0.3) is 0 Å². The number of rotatable bonds is 43. The van der Waals surface area contributed by atoms with E-state index in [0.29, 0.717) is 6.42 Å². The summed E-state index contributed by atoms with van der Waals surface area (Å²) >= 11 is 0. The Bertz CT molecular complexity index is 959. The van der Waals surface area contributed by atoms with Crippen LogP contribution in [0.1, 0.15) is 219 Å². The number of allylic oxidation sites excluding steroid dienone is 4. The minimum absolute atomic E-state index is 0.0525. The molecule has 0 aliphatic carbocycles. The van der Waals surface area contributed by atoms with Crippen LogP contribution in [0.2, 0.25) is 0 Å². The van der Waals surface area contributed by atoms with Gasteiger partial charge < -0.3 is 20.1 Å². The molecule has 1 unspecified atom stereocenters. The predicted octanol–water partition coefficient (Wildman–Crippen LogP) is 13.2. The van der Waals surface area contributed by atoms with Gasteiger partial charge in [0.2, 0.25) is 0 Å². The lowest BCUT2D eigenvalue weighted by Crippen LogP contribution is -2.29. The molecule has 0 spiro atoms. The summed E-state index contributed by atoms with van der Waals surface area (Å²) in [6, 6.07) is 0. The maximum atomic E-state index is 12.6. The Morgan fingerprint density at radius 1 is 0.545 bits per heavy atom. The van der Waals surface area contributed by atoms with Gasteiger partial charge in [0.1, 0.15) is 6.61 Å². The van der Waals surface area contributed by atoms with Crippen molar-refractivity contribution in [3.63, 3.8) is 0 Å². The molecule has 0 saturated carbocycles. The first-order valence-electron chi connectivity index (χ1n) is 22.8. The average molecular weight is 800 g/mol. The molecule has 0 bridgehead atoms. The molecule has 0 heterocycles. The van der Waals surface area contributed by atoms with E-state index in [1.54, 1.807) is 0 Å². The number of nitrogens with two attached hydrogens (primary N) is 1. The Balaban J connectivity index is 4.09. The normalized spacial score (nSPS) is 13.5. The topological polar surface area (TPSA) is 134 Å². The number of phosphoric acid groups is 1. The summed E-state index contributed by atoms with van der Waals surface area (Å²) in [6.07, 6.45) is 44.9. The SMILES string of the molecule is CCCCC/C=C\C/C=C\CCCCCCCC(=O)O[C@H](COC(=O)CCCCCCCCCCCCCCCCCCCCC)COP(=O)(O)OCCN. The minimum atomic E-state index is -4.38. The fraction of sp³-hybridized carbons (Fsp3) is 0.867. The lowest BCUT2D eigenvalue weighted by atomic mass is 10.0. The fourth-order valence-corrected chi connectivity index (χ4v) is 7.20. The zero-order chi connectivity index (χ0) is 40.3. The first-order valence-corrected chi connectivity index (χ1v) is 24.3. The van der Waals surface area contributed by atoms with Gasteiger partial charge in [-0.05, 0) is 44.9 Å². The number of carbonyl (C=O) groups is 2. The number of hydrogen-bond acceptors (Lipinski definition) is 8. The molecule has 324 valence electrons. The van der Waals surface area contributed by atoms with Crippen LogP contribution in [0.15, 0.2) is 24.3 Å². The molecular formula is C45H86NO8P. The predicted molar refractivity (Wildman–Crippen MR) is 229 cm³/mol. The number of hydrogen-bond donors (Lipinski definition) is 2. The first-order chi connectivity index (χ1) is 26.8. The van der Waals surface area contributed by atoms with Crippen LogP contribution in [0.5, 0.6) is 0 Å². The highest BCUT2D eigenvalue weighted by Gasteiger charge is 2.26. The van der Waals surface area contributed by atoms with Gasteiger partial charge in [0, 0.05) is 19.4 Å². The van der Waals surface area contributed by atoms with Crippen LogP contribution >= 0.6 is 7.82 Å². The molecule has 0 aliphatic rings. The van der Waals surface area contributed by atoms with Crippen molar-refractivity contribution in [3.05, 3.63) is 24.3 Å². The van der Waals surface area contributed by atoms with Crippen LogP contribution in [0.25, 0.3) is 0 Å². The third-order valence-electron chi connectivity index (χ3n) is 9.84. The molecule has 0 fully saturated rings. The van der Waals surface area contributed by atoms with Gasteiger partial charge in [0.15, 0.2) is 6.10 Å². The highest BCUT2D eigenvalue weighted by atomic mass is 31.2. The summed E-state index contributed by atoms with van der Waals surface area (Å²) in [5.74, 6) is -0.835. The van der Waals surface area contributed by atoms with Gasteiger partial charge in [-0.25, -0.2) is 4.57 Å². The molecule has 0 aliphatic heterocycles. The van der Waals surface area contributed by atoms with E-state index >= 15 is 0 Å². The molecule has 0 radical (unpaired) electrons. The number of carbonyl (C=O) groups excluding carboxylic acids is 2. The summed E-state index contributed by atoms with van der Waals surface area (Å²) < 4.78 is 32.8. The van der Waals surface area contributed by atoms with Crippen LogP contribution in [0.3, 0.4) is 0 Å². The Morgan fingerprint density at radius 3 is 1.42 bits per heavy atom. The van der Waals surface area contributed by atoms with E-state index in [1.807, 2.05) is 0 Å². The van der Waals surface area contributed by atoms with E-state index in [0.717, 1.165) is 57.8 Å². The van der Waals surface area contributed by atoms with Gasteiger partial charge in [-0.3, -0.25) is 18.6 Å². The standard InChI is InChI=1S/C45H86NO8P/c1-3-5-7-9-11-13-15-17-19-20-21-22-24-25-27-29-31-33-35-37-44(47)51-41-43(42-53-55(49,50)52-40-39-46)54-45(48)38-36-34-32-30-28-26-23-18-16-14-12-10-8-6-4-2/h12,14,18,23,43H,3-11,13,15-17,19-22,24-42,46H2,1-2H3,(H,49,50)/b14-12-,23-18-/t43-/m1/s1. The van der Waals surface area contributed by atoms with Crippen LogP contribution in [-0.2, 0) is 32.7 Å². The highest BCUT2D eigenvalue weighted by molar-refractivity contribution is 7.47. The summed E-state index contributed by atoms with van der Waals surface area (Å²) in [5.41, 5.74) is 5.35. The Morgan fingerprint density at radius 2 is 0.945 bits per heavy atom. The van der Waals surface area contributed by atoms with Crippen LogP contribution in [0, 0.1) is 0 Å². The second-order valence-corrected chi connectivity index (χ2v) is 16.7. The van der Waals surface area contributed by atoms with Crippen molar-refractivity contribution in [2.45, 2.75) is 225 Å². The Labute approximate surface area is 338 Å². The van der Waals surface area contributed by atoms with Crippen molar-refractivity contribution in [1.82, 2.24) is 0 Å². The van der Waals surface area contributed by atoms with Crippen molar-refractivity contribution in [2.24, 2.45) is 5.73 Å². The Hall–Kier alpha value is -1.51. The largest absolute Gasteiger partial charge is 0.472 e. The number of ether oxygens (including phenoxy) is 2. The van der Waals surface area contributed by atoms with Gasteiger partial charge >= 0.3 is 19.8 Å². The quantitative estimate of drug-likeness (QED) is 0.0267. The third-order valence-corrected chi connectivity index (χ3v) is 10.8. The molecular weight excluding hydrogens is 713 g/mol. The van der Waals surface area contributed by atoms with Gasteiger partial charge in [0.05, 0.1) is 13.2 Å². The fourth-order valence-electron chi connectivity index (χ4n) is 6.43. The number of phosphoric ester groups is 1. The lowest BCUT2D eigenvalue weighted by Gasteiger charge is -2.19. The molecule has 0 saturated heterocycles. The van der Waals surface area contributed by atoms with E-state index in [9.17, 15) is 19.0 Å². The van der Waals surface area contributed by atoms with Crippen molar-refractivity contribution < 1.29 is 37.6 Å². The number of esters is 2. The highest BCUT2D eigenvalue weighted by Crippen LogP contribution is 2.43. The smallest absolute Gasteiger partial charge is 0.462 e. The van der Waals surface area contributed by atoms with Crippen LogP contribution in [-0.4, -0.2) is 49.3 Å². The molecule has 0 aromatic rings. The maximum Gasteiger partial charge on any atom is 0.472 e. The van der Waals surface area contributed by atoms with Gasteiger partial charge in [-0.2, -0.15) is 0 Å². The van der Waals surface area contributed by atoms with Crippen molar-refractivity contribution >= 4 is 19.8 Å². The maximum absolute atomic E-state index is 12.6. The molecule has 9 nitrogen and oxygen atoms in total. The zero-order valence-corrected chi connectivity index (χ0v) is 36.6. The Kier molecular flexibility index (Phi) is 40.9. The van der Waals surface area contributed by atoms with E-state index < -0.39 is 26.5 Å². The minimum Gasteiger partial charge on any atom is -0.462 e. The average Bonchev–Trinajstić information content (AvgIpc) is 3.17. The molecule has 2 atom stereocenters. The molecule has 0 amide bonds. The summed E-state index contributed by atoms with van der Waals surface area (Å²) in [7, 11) is -4.38. The zero-order valence-electron chi connectivity index (χ0n) is 35.7. The van der Waals surface area contributed by atoms with E-state index in [2.05, 4.69) is 38.2 Å². The number of unbranched alkanes of at least 4 members (excludes halogenated alkanes) is 26. The van der Waals surface area contributed by atoms with E-state index in [4.69, 9.17) is 24.3 Å². The molecule has 10 heteroatoms. The molecule has 3 N–H and O–H groups in total. The van der Waals surface area contributed by atoms with Crippen LogP contribution < -0.4 is 5.73 Å². The summed E-state index contributed by atoms with van der Waals surface area (Å²) in [6.45, 7) is 3.72. The second-order valence-electron chi connectivity index (χ2n) is 15.3. The van der Waals surface area contributed by atoms with Gasteiger partial charge in [-0.15, -0.1) is 0 Å². The lowest BCUT2D eigenvalue weighted by molar-refractivity contribution is -0.161.